The minimum atomic E-state index is -0.553. The number of fused-ring (bicyclic) bond motifs is 1. The number of para-hydroxylation sites is 1. The summed E-state index contributed by atoms with van der Waals surface area (Å²) >= 11 is 0. The van der Waals surface area contributed by atoms with Crippen LogP contribution in [0.25, 0.3) is 11.0 Å². The third kappa shape index (κ3) is 2.45. The van der Waals surface area contributed by atoms with Crippen molar-refractivity contribution >= 4 is 16.9 Å². The summed E-state index contributed by atoms with van der Waals surface area (Å²) < 4.78 is 5.29. The number of hydrogen-bond acceptors (Lipinski definition) is 4. The smallest absolute Gasteiger partial charge is 0.349 e. The first-order valence-corrected chi connectivity index (χ1v) is 7.13. The Kier molecular flexibility index (Phi) is 3.51. The van der Waals surface area contributed by atoms with Crippen molar-refractivity contribution in [1.82, 2.24) is 10.2 Å². The number of benzene rings is 1. The Balaban J connectivity index is 2.07. The predicted molar refractivity (Wildman–Crippen MR) is 80.6 cm³/mol. The fourth-order valence-corrected chi connectivity index (χ4v) is 2.83. The zero-order chi connectivity index (χ0) is 15.0. The number of aryl methyl sites for hydroxylation is 1. The normalized spacial score (nSPS) is 19.0. The maximum absolute atomic E-state index is 12.7. The second-order valence-electron chi connectivity index (χ2n) is 5.49. The van der Waals surface area contributed by atoms with Crippen LogP contribution in [-0.4, -0.2) is 36.5 Å². The average Bonchev–Trinajstić information content (AvgIpc) is 2.47. The summed E-state index contributed by atoms with van der Waals surface area (Å²) in [6, 6.07) is 7.52. The molecule has 0 radical (unpaired) electrons. The summed E-state index contributed by atoms with van der Waals surface area (Å²) in [6.07, 6.45) is 0. The van der Waals surface area contributed by atoms with Gasteiger partial charge >= 0.3 is 5.63 Å². The van der Waals surface area contributed by atoms with Gasteiger partial charge in [0.1, 0.15) is 11.1 Å². The first-order valence-electron chi connectivity index (χ1n) is 7.13. The van der Waals surface area contributed by atoms with Gasteiger partial charge < -0.3 is 14.6 Å². The third-order valence-electron chi connectivity index (χ3n) is 3.94. The second kappa shape index (κ2) is 5.33. The van der Waals surface area contributed by atoms with Crippen molar-refractivity contribution in [2.45, 2.75) is 19.9 Å². The van der Waals surface area contributed by atoms with E-state index in [-0.39, 0.29) is 17.5 Å². The fraction of sp³-hybridized carbons (Fsp3) is 0.375. The van der Waals surface area contributed by atoms with Crippen molar-refractivity contribution in [1.29, 1.82) is 0 Å². The molecule has 2 aromatic rings. The van der Waals surface area contributed by atoms with E-state index in [1.165, 1.54) is 0 Å². The minimum absolute atomic E-state index is 0.155. The number of amides is 1. The van der Waals surface area contributed by atoms with Crippen LogP contribution in [0.3, 0.4) is 0 Å². The van der Waals surface area contributed by atoms with Crippen LogP contribution in [0, 0.1) is 6.92 Å². The van der Waals surface area contributed by atoms with Crippen LogP contribution in [0.4, 0.5) is 0 Å². The molecule has 1 aliphatic heterocycles. The maximum atomic E-state index is 12.7. The zero-order valence-corrected chi connectivity index (χ0v) is 12.2. The Labute approximate surface area is 122 Å². The van der Waals surface area contributed by atoms with E-state index in [0.29, 0.717) is 24.2 Å². The van der Waals surface area contributed by atoms with Crippen LogP contribution < -0.4 is 10.9 Å². The van der Waals surface area contributed by atoms with Crippen molar-refractivity contribution in [2.75, 3.05) is 19.6 Å². The lowest BCUT2D eigenvalue weighted by atomic mass is 10.0. The molecule has 1 unspecified atom stereocenters. The lowest BCUT2D eigenvalue weighted by Gasteiger charge is -2.32. The molecule has 0 bridgehead atoms. The van der Waals surface area contributed by atoms with Crippen molar-refractivity contribution in [2.24, 2.45) is 0 Å². The molecule has 3 rings (SSSR count). The van der Waals surface area contributed by atoms with Crippen LogP contribution in [-0.2, 0) is 0 Å². The highest BCUT2D eigenvalue weighted by Gasteiger charge is 2.26. The highest BCUT2D eigenvalue weighted by molar-refractivity contribution is 5.99. The van der Waals surface area contributed by atoms with Gasteiger partial charge in [0.25, 0.3) is 5.91 Å². The molecule has 0 aliphatic carbocycles. The van der Waals surface area contributed by atoms with Crippen molar-refractivity contribution in [3.05, 3.63) is 45.8 Å². The van der Waals surface area contributed by atoms with Crippen LogP contribution in [0.5, 0.6) is 0 Å². The van der Waals surface area contributed by atoms with Gasteiger partial charge in [-0.2, -0.15) is 0 Å². The SMILES string of the molecule is Cc1c(C(=O)N2CCNC(C)C2)c(=O)oc2ccccc12. The third-order valence-corrected chi connectivity index (χ3v) is 3.94. The molecule has 1 amide bonds. The van der Waals surface area contributed by atoms with E-state index in [0.717, 1.165) is 11.9 Å². The Morgan fingerprint density at radius 2 is 2.14 bits per heavy atom. The van der Waals surface area contributed by atoms with Gasteiger partial charge in [-0.05, 0) is 25.5 Å². The summed E-state index contributed by atoms with van der Waals surface area (Å²) in [5.41, 5.74) is 0.813. The first kappa shape index (κ1) is 13.8. The lowest BCUT2D eigenvalue weighted by Crippen LogP contribution is -2.52. The van der Waals surface area contributed by atoms with Gasteiger partial charge in [-0.1, -0.05) is 18.2 Å². The molecule has 0 saturated carbocycles. The number of hydrogen-bond donors (Lipinski definition) is 1. The molecule has 1 aliphatic rings. The molecular weight excluding hydrogens is 268 g/mol. The molecule has 21 heavy (non-hydrogen) atoms. The van der Waals surface area contributed by atoms with E-state index in [4.69, 9.17) is 4.42 Å². The Bertz CT molecular complexity index is 751. The predicted octanol–water partition coefficient (Wildman–Crippen LogP) is 1.54. The molecule has 2 heterocycles. The number of piperazine rings is 1. The topological polar surface area (TPSA) is 62.6 Å². The Morgan fingerprint density at radius 1 is 1.38 bits per heavy atom. The largest absolute Gasteiger partial charge is 0.422 e. The molecule has 1 atom stereocenters. The standard InChI is InChI=1S/C16H18N2O3/c1-10-9-18(8-7-17-10)15(19)14-11(2)12-5-3-4-6-13(12)21-16(14)20/h3-6,10,17H,7-9H2,1-2H3. The summed E-state index contributed by atoms with van der Waals surface area (Å²) in [7, 11) is 0. The molecule has 5 heteroatoms. The van der Waals surface area contributed by atoms with Crippen molar-refractivity contribution < 1.29 is 9.21 Å². The molecular formula is C16H18N2O3. The van der Waals surface area contributed by atoms with Crippen molar-refractivity contribution in [3.63, 3.8) is 0 Å². The van der Waals surface area contributed by atoms with Crippen LogP contribution in [0.1, 0.15) is 22.8 Å². The molecule has 1 fully saturated rings. The van der Waals surface area contributed by atoms with E-state index in [1.807, 2.05) is 25.1 Å². The Morgan fingerprint density at radius 3 is 2.90 bits per heavy atom. The van der Waals surface area contributed by atoms with E-state index in [1.54, 1.807) is 17.9 Å². The van der Waals surface area contributed by atoms with Gasteiger partial charge in [0.15, 0.2) is 0 Å². The molecule has 5 nitrogen and oxygen atoms in total. The second-order valence-corrected chi connectivity index (χ2v) is 5.49. The molecule has 0 spiro atoms. The van der Waals surface area contributed by atoms with Crippen LogP contribution in [0.2, 0.25) is 0 Å². The molecule has 1 N–H and O–H groups in total. The number of nitrogens with one attached hydrogen (secondary N) is 1. The molecule has 1 saturated heterocycles. The highest BCUT2D eigenvalue weighted by atomic mass is 16.4. The van der Waals surface area contributed by atoms with Gasteiger partial charge in [-0.25, -0.2) is 4.79 Å². The van der Waals surface area contributed by atoms with E-state index < -0.39 is 5.63 Å². The van der Waals surface area contributed by atoms with Gasteiger partial charge in [-0.15, -0.1) is 0 Å². The maximum Gasteiger partial charge on any atom is 0.349 e. The molecule has 110 valence electrons. The number of carbonyl (C=O) groups excluding carboxylic acids is 1. The van der Waals surface area contributed by atoms with Crippen molar-refractivity contribution in [3.8, 4) is 0 Å². The number of rotatable bonds is 1. The molecule has 1 aromatic carbocycles. The van der Waals surface area contributed by atoms with Gasteiger partial charge in [0.05, 0.1) is 0 Å². The zero-order valence-electron chi connectivity index (χ0n) is 12.2. The number of carbonyl (C=O) groups is 1. The van der Waals surface area contributed by atoms with Crippen LogP contribution in [0.15, 0.2) is 33.5 Å². The summed E-state index contributed by atoms with van der Waals surface area (Å²) in [4.78, 5) is 26.6. The van der Waals surface area contributed by atoms with Gasteiger partial charge in [0.2, 0.25) is 0 Å². The van der Waals surface area contributed by atoms with Gasteiger partial charge in [-0.3, -0.25) is 4.79 Å². The quantitative estimate of drug-likeness (QED) is 0.808. The number of nitrogens with zero attached hydrogens (tertiary/aromatic N) is 1. The monoisotopic (exact) mass is 286 g/mol. The first-order chi connectivity index (χ1) is 10.1. The lowest BCUT2D eigenvalue weighted by molar-refractivity contribution is 0.0704. The minimum Gasteiger partial charge on any atom is -0.422 e. The highest BCUT2D eigenvalue weighted by Crippen LogP contribution is 2.20. The van der Waals surface area contributed by atoms with E-state index in [2.05, 4.69) is 5.32 Å². The summed E-state index contributed by atoms with van der Waals surface area (Å²) in [6.45, 7) is 5.78. The fourth-order valence-electron chi connectivity index (χ4n) is 2.83. The Hall–Kier alpha value is -2.14. The average molecular weight is 286 g/mol. The summed E-state index contributed by atoms with van der Waals surface area (Å²) in [5, 5.41) is 4.09. The van der Waals surface area contributed by atoms with E-state index in [9.17, 15) is 9.59 Å². The molecule has 1 aromatic heterocycles. The van der Waals surface area contributed by atoms with E-state index >= 15 is 0 Å². The van der Waals surface area contributed by atoms with Crippen LogP contribution >= 0.6 is 0 Å². The van der Waals surface area contributed by atoms with Gasteiger partial charge in [0, 0.05) is 31.1 Å². The summed E-state index contributed by atoms with van der Waals surface area (Å²) in [5.74, 6) is -0.236.